The van der Waals surface area contributed by atoms with Crippen molar-refractivity contribution < 1.29 is 9.53 Å². The molecule has 7 nitrogen and oxygen atoms in total. The van der Waals surface area contributed by atoms with Gasteiger partial charge in [-0.05, 0) is 56.0 Å². The van der Waals surface area contributed by atoms with Gasteiger partial charge in [0.25, 0.3) is 5.91 Å². The first-order valence-corrected chi connectivity index (χ1v) is 12.0. The molecule has 2 aromatic heterocycles. The molecule has 1 amide bonds. The highest BCUT2D eigenvalue weighted by atomic mass is 16.5. The normalized spacial score (nSPS) is 15.7. The van der Waals surface area contributed by atoms with Crippen molar-refractivity contribution in [3.63, 3.8) is 0 Å². The average Bonchev–Trinajstić information content (AvgIpc) is 3.38. The molecule has 0 aliphatic carbocycles. The fourth-order valence-electron chi connectivity index (χ4n) is 4.56. The smallest absolute Gasteiger partial charge is 0.254 e. The number of ether oxygens (including phenoxy) is 1. The largest absolute Gasteiger partial charge is 0.439 e. The van der Waals surface area contributed by atoms with Crippen LogP contribution < -0.4 is 4.74 Å². The highest BCUT2D eigenvalue weighted by Crippen LogP contribution is 2.29. The van der Waals surface area contributed by atoms with Crippen LogP contribution in [-0.2, 0) is 6.54 Å². The second-order valence-corrected chi connectivity index (χ2v) is 9.02. The van der Waals surface area contributed by atoms with Crippen LogP contribution in [0.1, 0.15) is 51.8 Å². The Morgan fingerprint density at radius 2 is 1.89 bits per heavy atom. The number of rotatable bonds is 6. The standard InChI is InChI=1S/C28H29N5O2/c1-20-9-3-6-13-25(20)35-26-17-21(2)30-27(31-26)23-11-7-15-32(18-23)28(34)24-12-5-4-10-22(24)19-33-16-8-14-29-33/h3-6,8-10,12-14,16-17,23H,7,11,15,18-19H2,1-2H3. The average molecular weight is 468 g/mol. The number of hydrogen-bond donors (Lipinski definition) is 0. The number of aryl methyl sites for hydroxylation is 2. The summed E-state index contributed by atoms with van der Waals surface area (Å²) in [7, 11) is 0. The van der Waals surface area contributed by atoms with Gasteiger partial charge >= 0.3 is 0 Å². The number of benzene rings is 2. The molecule has 0 N–H and O–H groups in total. The lowest BCUT2D eigenvalue weighted by molar-refractivity contribution is 0.0703. The van der Waals surface area contributed by atoms with Gasteiger partial charge in [-0.2, -0.15) is 10.1 Å². The van der Waals surface area contributed by atoms with Gasteiger partial charge in [0, 0.05) is 48.7 Å². The van der Waals surface area contributed by atoms with Crippen molar-refractivity contribution in [3.8, 4) is 11.6 Å². The van der Waals surface area contributed by atoms with Crippen molar-refractivity contribution in [1.82, 2.24) is 24.6 Å². The molecule has 178 valence electrons. The number of piperidine rings is 1. The van der Waals surface area contributed by atoms with Crippen LogP contribution in [0.3, 0.4) is 0 Å². The van der Waals surface area contributed by atoms with Crippen molar-refractivity contribution >= 4 is 5.91 Å². The van der Waals surface area contributed by atoms with Gasteiger partial charge in [0.15, 0.2) is 0 Å². The molecule has 3 heterocycles. The molecule has 1 aliphatic rings. The first kappa shape index (κ1) is 22.8. The van der Waals surface area contributed by atoms with Gasteiger partial charge < -0.3 is 9.64 Å². The third kappa shape index (κ3) is 5.24. The van der Waals surface area contributed by atoms with E-state index in [0.717, 1.165) is 53.3 Å². The van der Waals surface area contributed by atoms with E-state index in [1.54, 1.807) is 6.20 Å². The van der Waals surface area contributed by atoms with Crippen LogP contribution >= 0.6 is 0 Å². The molecule has 2 aromatic carbocycles. The zero-order valence-electron chi connectivity index (χ0n) is 20.1. The Bertz CT molecular complexity index is 1320. The lowest BCUT2D eigenvalue weighted by Gasteiger charge is -2.32. The van der Waals surface area contributed by atoms with Crippen LogP contribution in [0.25, 0.3) is 0 Å². The Hall–Kier alpha value is -4.00. The summed E-state index contributed by atoms with van der Waals surface area (Å²) in [4.78, 5) is 25.0. The molecular weight excluding hydrogens is 438 g/mol. The van der Waals surface area contributed by atoms with Crippen LogP contribution in [-0.4, -0.2) is 43.6 Å². The number of aromatic nitrogens is 4. The topological polar surface area (TPSA) is 73.1 Å². The summed E-state index contributed by atoms with van der Waals surface area (Å²) >= 11 is 0. The molecule has 5 rings (SSSR count). The first-order chi connectivity index (χ1) is 17.1. The molecule has 1 fully saturated rings. The number of para-hydroxylation sites is 1. The summed E-state index contributed by atoms with van der Waals surface area (Å²) in [5, 5.41) is 4.29. The Morgan fingerprint density at radius 1 is 1.06 bits per heavy atom. The predicted octanol–water partition coefficient (Wildman–Crippen LogP) is 5.15. The van der Waals surface area contributed by atoms with Crippen LogP contribution in [0.5, 0.6) is 11.6 Å². The van der Waals surface area contributed by atoms with Crippen molar-refractivity contribution in [3.05, 3.63) is 101 Å². The van der Waals surface area contributed by atoms with E-state index in [1.807, 2.05) is 90.3 Å². The van der Waals surface area contributed by atoms with Gasteiger partial charge in [-0.15, -0.1) is 0 Å². The van der Waals surface area contributed by atoms with Gasteiger partial charge in [0.2, 0.25) is 5.88 Å². The quantitative estimate of drug-likeness (QED) is 0.392. The summed E-state index contributed by atoms with van der Waals surface area (Å²) in [5.41, 5.74) is 3.58. The number of carbonyl (C=O) groups excluding carboxylic acids is 1. The third-order valence-electron chi connectivity index (χ3n) is 6.37. The first-order valence-electron chi connectivity index (χ1n) is 12.0. The molecule has 7 heteroatoms. The lowest BCUT2D eigenvalue weighted by Crippen LogP contribution is -2.40. The van der Waals surface area contributed by atoms with Crippen LogP contribution in [0.2, 0.25) is 0 Å². The second kappa shape index (κ2) is 10.1. The summed E-state index contributed by atoms with van der Waals surface area (Å²) in [6.45, 7) is 5.84. The van der Waals surface area contributed by atoms with E-state index in [9.17, 15) is 4.79 Å². The molecule has 0 bridgehead atoms. The number of carbonyl (C=O) groups is 1. The van der Waals surface area contributed by atoms with Crippen molar-refractivity contribution in [2.75, 3.05) is 13.1 Å². The van der Waals surface area contributed by atoms with Gasteiger partial charge in [-0.25, -0.2) is 4.98 Å². The number of likely N-dealkylation sites (tertiary alicyclic amines) is 1. The molecule has 0 spiro atoms. The van der Waals surface area contributed by atoms with Crippen LogP contribution in [0.15, 0.2) is 73.1 Å². The fourth-order valence-corrected chi connectivity index (χ4v) is 4.56. The fraction of sp³-hybridized carbons (Fsp3) is 0.286. The Morgan fingerprint density at radius 3 is 2.71 bits per heavy atom. The Labute approximate surface area is 205 Å². The molecule has 35 heavy (non-hydrogen) atoms. The van der Waals surface area contributed by atoms with E-state index >= 15 is 0 Å². The van der Waals surface area contributed by atoms with Gasteiger partial charge in [-0.3, -0.25) is 9.48 Å². The zero-order chi connectivity index (χ0) is 24.2. The monoisotopic (exact) mass is 467 g/mol. The van der Waals surface area contributed by atoms with Crippen LogP contribution in [0, 0.1) is 13.8 Å². The molecular formula is C28H29N5O2. The minimum Gasteiger partial charge on any atom is -0.439 e. The molecule has 1 unspecified atom stereocenters. The molecule has 0 radical (unpaired) electrons. The summed E-state index contributed by atoms with van der Waals surface area (Å²) < 4.78 is 7.93. The molecule has 1 aliphatic heterocycles. The molecule has 1 saturated heterocycles. The minimum absolute atomic E-state index is 0.0430. The van der Waals surface area contributed by atoms with E-state index < -0.39 is 0 Å². The van der Waals surface area contributed by atoms with Crippen molar-refractivity contribution in [2.45, 2.75) is 39.2 Å². The van der Waals surface area contributed by atoms with Crippen LogP contribution in [0.4, 0.5) is 0 Å². The third-order valence-corrected chi connectivity index (χ3v) is 6.37. The SMILES string of the molecule is Cc1cc(Oc2ccccc2C)nc(C2CCCN(C(=O)c3ccccc3Cn3cccn3)C2)n1. The van der Waals surface area contributed by atoms with E-state index in [4.69, 9.17) is 14.7 Å². The van der Waals surface area contributed by atoms with Gasteiger partial charge in [-0.1, -0.05) is 36.4 Å². The number of hydrogen-bond acceptors (Lipinski definition) is 5. The Kier molecular flexibility index (Phi) is 6.57. The maximum Gasteiger partial charge on any atom is 0.254 e. The van der Waals surface area contributed by atoms with Crippen molar-refractivity contribution in [2.24, 2.45) is 0 Å². The van der Waals surface area contributed by atoms with Gasteiger partial charge in [0.05, 0.1) is 6.54 Å². The maximum atomic E-state index is 13.6. The highest BCUT2D eigenvalue weighted by molar-refractivity contribution is 5.95. The number of nitrogens with zero attached hydrogens (tertiary/aromatic N) is 5. The second-order valence-electron chi connectivity index (χ2n) is 9.02. The highest BCUT2D eigenvalue weighted by Gasteiger charge is 2.28. The molecule has 4 aromatic rings. The summed E-state index contributed by atoms with van der Waals surface area (Å²) in [6, 6.07) is 19.4. The molecule has 0 saturated carbocycles. The molecule has 1 atom stereocenters. The number of amides is 1. The van der Waals surface area contributed by atoms with E-state index in [1.165, 1.54) is 0 Å². The van der Waals surface area contributed by atoms with Gasteiger partial charge in [0.1, 0.15) is 11.6 Å². The summed E-state index contributed by atoms with van der Waals surface area (Å²) in [6.07, 6.45) is 5.50. The minimum atomic E-state index is 0.0430. The lowest BCUT2D eigenvalue weighted by atomic mass is 9.95. The van der Waals surface area contributed by atoms with E-state index in [0.29, 0.717) is 19.0 Å². The predicted molar refractivity (Wildman–Crippen MR) is 134 cm³/mol. The Balaban J connectivity index is 1.35. The zero-order valence-corrected chi connectivity index (χ0v) is 20.1. The van der Waals surface area contributed by atoms with E-state index in [-0.39, 0.29) is 11.8 Å². The summed E-state index contributed by atoms with van der Waals surface area (Å²) in [5.74, 6) is 2.16. The van der Waals surface area contributed by atoms with E-state index in [2.05, 4.69) is 5.10 Å². The van der Waals surface area contributed by atoms with Crippen molar-refractivity contribution in [1.29, 1.82) is 0 Å². The maximum absolute atomic E-state index is 13.6.